The summed E-state index contributed by atoms with van der Waals surface area (Å²) in [7, 11) is 0. The zero-order chi connectivity index (χ0) is 27.6. The van der Waals surface area contributed by atoms with Gasteiger partial charge in [-0.3, -0.25) is 4.79 Å². The minimum absolute atomic E-state index is 0.174. The van der Waals surface area contributed by atoms with Crippen LogP contribution in [0.5, 0.6) is 0 Å². The molecular formula is C33H38Cl3NO. The standard InChI is InChI=1S/C33H38Cl3NO/c1-21(2)28-30(34)23(4)29(32(36)31(28)35)33(5)17-9-10-22(3)27(33)19-37(20-38)18-24-13-15-26(16-14-24)25-11-7-6-8-12-25/h6-8,11-16,20-22,27H,9-10,17-19H2,1-5H3. The van der Waals surface area contributed by atoms with Crippen LogP contribution < -0.4 is 0 Å². The molecule has 0 aromatic heterocycles. The number of benzene rings is 3. The molecule has 3 aromatic rings. The van der Waals surface area contributed by atoms with Gasteiger partial charge in [-0.05, 0) is 69.9 Å². The van der Waals surface area contributed by atoms with Crippen LogP contribution >= 0.6 is 34.8 Å². The predicted molar refractivity (Wildman–Crippen MR) is 163 cm³/mol. The minimum atomic E-state index is -0.250. The molecule has 0 N–H and O–H groups in total. The molecule has 0 radical (unpaired) electrons. The molecule has 38 heavy (non-hydrogen) atoms. The molecule has 4 rings (SSSR count). The number of nitrogens with zero attached hydrogens (tertiary/aromatic N) is 1. The van der Waals surface area contributed by atoms with Crippen LogP contribution in [0.2, 0.25) is 15.1 Å². The second-order valence-corrected chi connectivity index (χ2v) is 12.6. The van der Waals surface area contributed by atoms with Gasteiger partial charge in [0, 0.05) is 18.1 Å². The molecule has 1 saturated carbocycles. The molecule has 0 bridgehead atoms. The highest BCUT2D eigenvalue weighted by Gasteiger charge is 2.45. The van der Waals surface area contributed by atoms with Crippen LogP contribution in [0.1, 0.15) is 75.1 Å². The van der Waals surface area contributed by atoms with Gasteiger partial charge in [0.05, 0.1) is 10.0 Å². The fourth-order valence-corrected chi connectivity index (χ4v) is 7.87. The molecule has 202 valence electrons. The van der Waals surface area contributed by atoms with Crippen molar-refractivity contribution in [1.82, 2.24) is 4.90 Å². The molecule has 5 heteroatoms. The van der Waals surface area contributed by atoms with Crippen molar-refractivity contribution >= 4 is 41.2 Å². The average Bonchev–Trinajstić information content (AvgIpc) is 2.90. The number of hydrogen-bond acceptors (Lipinski definition) is 1. The van der Waals surface area contributed by atoms with Gasteiger partial charge >= 0.3 is 0 Å². The summed E-state index contributed by atoms with van der Waals surface area (Å²) in [6, 6.07) is 18.8. The number of halogens is 3. The summed E-state index contributed by atoms with van der Waals surface area (Å²) in [5.41, 5.74) is 6.20. The highest BCUT2D eigenvalue weighted by atomic mass is 35.5. The van der Waals surface area contributed by atoms with Crippen molar-refractivity contribution < 1.29 is 4.79 Å². The molecule has 3 aromatic carbocycles. The van der Waals surface area contributed by atoms with Crippen LogP contribution in [0, 0.1) is 18.8 Å². The Bertz CT molecular complexity index is 1240. The van der Waals surface area contributed by atoms with Crippen molar-refractivity contribution in [1.29, 1.82) is 0 Å². The van der Waals surface area contributed by atoms with E-state index in [1.165, 1.54) is 11.1 Å². The molecule has 0 saturated heterocycles. The van der Waals surface area contributed by atoms with Crippen LogP contribution in [0.3, 0.4) is 0 Å². The first-order valence-corrected chi connectivity index (χ1v) is 14.7. The second kappa shape index (κ2) is 12.0. The topological polar surface area (TPSA) is 20.3 Å². The highest BCUT2D eigenvalue weighted by Crippen LogP contribution is 2.53. The van der Waals surface area contributed by atoms with E-state index in [0.29, 0.717) is 34.1 Å². The summed E-state index contributed by atoms with van der Waals surface area (Å²) in [6.45, 7) is 12.1. The lowest BCUT2D eigenvalue weighted by molar-refractivity contribution is -0.120. The van der Waals surface area contributed by atoms with Crippen LogP contribution in [0.15, 0.2) is 54.6 Å². The zero-order valence-corrected chi connectivity index (χ0v) is 25.3. The second-order valence-electron chi connectivity index (χ2n) is 11.5. The SMILES string of the molecule is Cc1c(Cl)c(C(C)C)c(Cl)c(Cl)c1C1(C)CCCC(C)C1CN(C=O)Cc1ccc(-c2ccccc2)cc1. The molecule has 0 spiro atoms. The largest absolute Gasteiger partial charge is 0.341 e. The van der Waals surface area contributed by atoms with E-state index in [0.717, 1.165) is 47.9 Å². The van der Waals surface area contributed by atoms with Gasteiger partial charge in [-0.2, -0.15) is 0 Å². The number of amides is 1. The van der Waals surface area contributed by atoms with Gasteiger partial charge in [0.1, 0.15) is 0 Å². The molecule has 2 nitrogen and oxygen atoms in total. The summed E-state index contributed by atoms with van der Waals surface area (Å²) < 4.78 is 0. The summed E-state index contributed by atoms with van der Waals surface area (Å²) in [6.07, 6.45) is 4.20. The van der Waals surface area contributed by atoms with Gasteiger partial charge in [0.25, 0.3) is 0 Å². The van der Waals surface area contributed by atoms with E-state index in [1.54, 1.807) is 0 Å². The van der Waals surface area contributed by atoms with Crippen molar-refractivity contribution in [2.45, 2.75) is 71.8 Å². The molecule has 3 atom stereocenters. The first-order chi connectivity index (χ1) is 18.1. The average molecular weight is 571 g/mol. The van der Waals surface area contributed by atoms with E-state index < -0.39 is 0 Å². The summed E-state index contributed by atoms with van der Waals surface area (Å²) in [4.78, 5) is 14.3. The zero-order valence-electron chi connectivity index (χ0n) is 23.0. The van der Waals surface area contributed by atoms with E-state index in [2.05, 4.69) is 71.0 Å². The van der Waals surface area contributed by atoms with E-state index in [9.17, 15) is 4.79 Å². The maximum atomic E-state index is 12.3. The maximum Gasteiger partial charge on any atom is 0.210 e. The van der Waals surface area contributed by atoms with E-state index in [4.69, 9.17) is 34.8 Å². The summed E-state index contributed by atoms with van der Waals surface area (Å²) in [5, 5.41) is 1.90. The fourth-order valence-electron chi connectivity index (χ4n) is 6.55. The van der Waals surface area contributed by atoms with Crippen LogP contribution in [0.4, 0.5) is 0 Å². The lowest BCUT2D eigenvalue weighted by Gasteiger charge is -2.48. The van der Waals surface area contributed by atoms with Gasteiger partial charge in [-0.15, -0.1) is 0 Å². The molecule has 0 aliphatic heterocycles. The Morgan fingerprint density at radius 1 is 0.974 bits per heavy atom. The number of carbonyl (C=O) groups excluding carboxylic acids is 1. The Labute approximate surface area is 243 Å². The number of carbonyl (C=O) groups is 1. The molecule has 1 aliphatic rings. The predicted octanol–water partition coefficient (Wildman–Crippen LogP) is 10.1. The molecule has 3 unspecified atom stereocenters. The van der Waals surface area contributed by atoms with Crippen molar-refractivity contribution in [3.63, 3.8) is 0 Å². The Hall–Kier alpha value is -2.00. The van der Waals surface area contributed by atoms with Crippen molar-refractivity contribution in [3.05, 3.63) is 91.9 Å². The van der Waals surface area contributed by atoms with Crippen molar-refractivity contribution in [3.8, 4) is 11.1 Å². The van der Waals surface area contributed by atoms with Gasteiger partial charge in [-0.25, -0.2) is 0 Å². The molecule has 1 fully saturated rings. The number of rotatable bonds is 8. The minimum Gasteiger partial charge on any atom is -0.341 e. The quantitative estimate of drug-likeness (QED) is 0.195. The summed E-state index contributed by atoms with van der Waals surface area (Å²) in [5.74, 6) is 0.820. The smallest absolute Gasteiger partial charge is 0.210 e. The first-order valence-electron chi connectivity index (χ1n) is 13.6. The van der Waals surface area contributed by atoms with E-state index >= 15 is 0 Å². The third-order valence-corrected chi connectivity index (χ3v) is 9.98. The van der Waals surface area contributed by atoms with Gasteiger partial charge in [-0.1, -0.05) is 130 Å². The Balaban J connectivity index is 1.64. The van der Waals surface area contributed by atoms with Crippen LogP contribution in [-0.4, -0.2) is 17.9 Å². The van der Waals surface area contributed by atoms with Crippen LogP contribution in [-0.2, 0) is 16.8 Å². The van der Waals surface area contributed by atoms with E-state index in [1.807, 2.05) is 23.1 Å². The lowest BCUT2D eigenvalue weighted by Crippen LogP contribution is -2.46. The van der Waals surface area contributed by atoms with E-state index in [-0.39, 0.29) is 17.3 Å². The summed E-state index contributed by atoms with van der Waals surface area (Å²) >= 11 is 20.8. The van der Waals surface area contributed by atoms with Crippen molar-refractivity contribution in [2.75, 3.05) is 6.54 Å². The first kappa shape index (κ1) is 29.0. The van der Waals surface area contributed by atoms with Crippen LogP contribution in [0.25, 0.3) is 11.1 Å². The van der Waals surface area contributed by atoms with Gasteiger partial charge in [0.2, 0.25) is 6.41 Å². The monoisotopic (exact) mass is 569 g/mol. The molecule has 1 aliphatic carbocycles. The molecular weight excluding hydrogens is 533 g/mol. The fraction of sp³-hybridized carbons (Fsp3) is 0.424. The normalized spacial score (nSPS) is 21.5. The third kappa shape index (κ3) is 5.64. The molecule has 0 heterocycles. The number of hydrogen-bond donors (Lipinski definition) is 0. The third-order valence-electron chi connectivity index (χ3n) is 8.63. The lowest BCUT2D eigenvalue weighted by atomic mass is 9.59. The Kier molecular flexibility index (Phi) is 9.18. The molecule has 1 amide bonds. The Morgan fingerprint density at radius 3 is 2.21 bits per heavy atom. The Morgan fingerprint density at radius 2 is 1.61 bits per heavy atom. The highest BCUT2D eigenvalue weighted by molar-refractivity contribution is 6.45. The van der Waals surface area contributed by atoms with Gasteiger partial charge < -0.3 is 4.90 Å². The maximum absolute atomic E-state index is 12.3. The van der Waals surface area contributed by atoms with Gasteiger partial charge in [0.15, 0.2) is 0 Å². The van der Waals surface area contributed by atoms with Crippen molar-refractivity contribution in [2.24, 2.45) is 11.8 Å².